The number of fused-ring (bicyclic) bond motifs is 3. The Kier molecular flexibility index (Phi) is 5.86. The molecule has 0 atom stereocenters. The molecule has 0 unspecified atom stereocenters. The van der Waals surface area contributed by atoms with Gasteiger partial charge in [0.05, 0.1) is 0 Å². The minimum atomic E-state index is -0.570. The predicted molar refractivity (Wildman–Crippen MR) is 101 cm³/mol. The van der Waals surface area contributed by atoms with E-state index in [0.29, 0.717) is 3.63 Å². The van der Waals surface area contributed by atoms with Crippen molar-refractivity contribution in [3.8, 4) is 11.1 Å². The second-order valence-electron chi connectivity index (χ2n) is 6.40. The Bertz CT molecular complexity index is 733. The van der Waals surface area contributed by atoms with Gasteiger partial charge in [0, 0.05) is 0 Å². The van der Waals surface area contributed by atoms with Gasteiger partial charge in [0.1, 0.15) is 4.33 Å². The van der Waals surface area contributed by atoms with Gasteiger partial charge in [0.25, 0.3) is 0 Å². The van der Waals surface area contributed by atoms with Crippen LogP contribution in [0.25, 0.3) is 11.1 Å². The van der Waals surface area contributed by atoms with E-state index < -0.39 is 27.6 Å². The fourth-order valence-electron chi connectivity index (χ4n) is 3.05. The van der Waals surface area contributed by atoms with Crippen molar-refractivity contribution in [3.05, 3.63) is 81.2 Å². The molecular formula is C21H20Cl2Zr. The molecule has 0 bridgehead atoms. The number of alkyl halides is 2. The molecule has 0 saturated carbocycles. The smallest absolute Gasteiger partial charge is 0.102 e. The summed E-state index contributed by atoms with van der Waals surface area (Å²) in [5.74, 6) is 0. The zero-order valence-electron chi connectivity index (χ0n) is 13.9. The first-order valence-corrected chi connectivity index (χ1v) is 11.5. The van der Waals surface area contributed by atoms with Crippen LogP contribution < -0.4 is 0 Å². The van der Waals surface area contributed by atoms with Gasteiger partial charge in [-0.25, -0.2) is 0 Å². The van der Waals surface area contributed by atoms with Gasteiger partial charge in [-0.2, -0.15) is 0 Å². The van der Waals surface area contributed by atoms with Crippen molar-refractivity contribution in [2.75, 3.05) is 0 Å². The Balaban J connectivity index is 0.000000300. The molecule has 0 radical (unpaired) electrons. The number of benzene rings is 2. The van der Waals surface area contributed by atoms with Gasteiger partial charge in [0.15, 0.2) is 0 Å². The number of hydrogen-bond donors (Lipinski definition) is 0. The van der Waals surface area contributed by atoms with Crippen LogP contribution in [0.4, 0.5) is 0 Å². The SMILES string of the molecule is C1=CC[C]([Zr][CH]2c3ccccc3-c3ccccc32)=C1.CC(C)(Cl)Cl. The van der Waals surface area contributed by atoms with Crippen molar-refractivity contribution in [2.45, 2.75) is 28.2 Å². The summed E-state index contributed by atoms with van der Waals surface area (Å²) >= 11 is 10.0. The fraction of sp³-hybridized carbons (Fsp3) is 0.238. The Morgan fingerprint density at radius 2 is 1.42 bits per heavy atom. The maximum absolute atomic E-state index is 5.30. The molecule has 2 aromatic carbocycles. The van der Waals surface area contributed by atoms with Crippen molar-refractivity contribution < 1.29 is 23.2 Å². The summed E-state index contributed by atoms with van der Waals surface area (Å²) in [6, 6.07) is 18.0. The van der Waals surface area contributed by atoms with Crippen LogP contribution in [0.5, 0.6) is 0 Å². The topological polar surface area (TPSA) is 0 Å². The third-order valence-electron chi connectivity index (χ3n) is 3.93. The molecule has 122 valence electrons. The summed E-state index contributed by atoms with van der Waals surface area (Å²) in [6.07, 6.45) is 8.08. The molecule has 0 nitrogen and oxygen atoms in total. The second kappa shape index (κ2) is 7.73. The van der Waals surface area contributed by atoms with E-state index in [4.69, 9.17) is 23.2 Å². The molecule has 2 aliphatic rings. The van der Waals surface area contributed by atoms with Crippen LogP contribution in [0.15, 0.2) is 70.0 Å². The van der Waals surface area contributed by atoms with Gasteiger partial charge >= 0.3 is 126 Å². The molecule has 4 rings (SSSR count). The zero-order valence-corrected chi connectivity index (χ0v) is 17.9. The number of allylic oxidation sites excluding steroid dienone is 4. The van der Waals surface area contributed by atoms with E-state index in [0.717, 1.165) is 0 Å². The molecule has 2 aromatic rings. The van der Waals surface area contributed by atoms with Gasteiger partial charge in [-0.15, -0.1) is 23.2 Å². The molecule has 0 fully saturated rings. The van der Waals surface area contributed by atoms with Crippen LogP contribution in [0.3, 0.4) is 0 Å². The molecular weight excluding hydrogens is 414 g/mol. The average molecular weight is 435 g/mol. The van der Waals surface area contributed by atoms with Gasteiger partial charge in [-0.05, 0) is 13.8 Å². The first kappa shape index (κ1) is 18.2. The minimum Gasteiger partial charge on any atom is -0.102 e. The molecule has 3 heteroatoms. The number of hydrogen-bond acceptors (Lipinski definition) is 0. The summed E-state index contributed by atoms with van der Waals surface area (Å²) < 4.78 is 1.88. The number of halogens is 2. The van der Waals surface area contributed by atoms with E-state index in [9.17, 15) is 0 Å². The molecule has 0 aromatic heterocycles. The summed E-state index contributed by atoms with van der Waals surface area (Å²) in [4.78, 5) is 0. The standard InChI is InChI=1S/C13H9.C5H5.C3H6Cl2.Zr/c1-3-7-12-10(5-1)9-11-6-2-4-8-13(11)12;1-2-4-5-3-1;1-3(2,4)5;/h1-9H;1-3H,4H2;1-2H3;. The maximum atomic E-state index is 5.30. The van der Waals surface area contributed by atoms with Gasteiger partial charge in [0.2, 0.25) is 0 Å². The molecule has 0 N–H and O–H groups in total. The van der Waals surface area contributed by atoms with Crippen molar-refractivity contribution in [3.63, 3.8) is 0 Å². The van der Waals surface area contributed by atoms with Crippen LogP contribution in [0.2, 0.25) is 0 Å². The van der Waals surface area contributed by atoms with Crippen molar-refractivity contribution in [1.82, 2.24) is 0 Å². The molecule has 24 heavy (non-hydrogen) atoms. The van der Waals surface area contributed by atoms with E-state index in [1.165, 1.54) is 17.5 Å². The molecule has 0 spiro atoms. The van der Waals surface area contributed by atoms with E-state index in [2.05, 4.69) is 66.8 Å². The average Bonchev–Trinajstić information content (AvgIpc) is 3.14. The summed E-state index contributed by atoms with van der Waals surface area (Å²) in [6.45, 7) is 3.44. The zero-order chi connectivity index (χ0) is 17.2. The summed E-state index contributed by atoms with van der Waals surface area (Å²) in [5, 5.41) is 0. The Labute approximate surface area is 166 Å². The first-order chi connectivity index (χ1) is 11.4. The summed E-state index contributed by atoms with van der Waals surface area (Å²) in [7, 11) is 0. The molecule has 0 aliphatic heterocycles. The summed E-state index contributed by atoms with van der Waals surface area (Å²) in [5.41, 5.74) is 6.08. The predicted octanol–water partition coefficient (Wildman–Crippen LogP) is 6.88. The van der Waals surface area contributed by atoms with E-state index in [1.807, 2.05) is 0 Å². The van der Waals surface area contributed by atoms with Crippen LogP contribution in [-0.2, 0) is 23.2 Å². The van der Waals surface area contributed by atoms with Crippen molar-refractivity contribution >= 4 is 23.2 Å². The van der Waals surface area contributed by atoms with Crippen LogP contribution in [0.1, 0.15) is 35.0 Å². The second-order valence-corrected chi connectivity index (χ2v) is 12.2. The van der Waals surface area contributed by atoms with Crippen LogP contribution >= 0.6 is 23.2 Å². The quantitative estimate of drug-likeness (QED) is 0.452. The molecule has 0 saturated heterocycles. The molecule has 0 heterocycles. The monoisotopic (exact) mass is 432 g/mol. The Morgan fingerprint density at radius 1 is 0.917 bits per heavy atom. The molecule has 0 amide bonds. The van der Waals surface area contributed by atoms with Crippen molar-refractivity contribution in [2.24, 2.45) is 0 Å². The molecule has 2 aliphatic carbocycles. The van der Waals surface area contributed by atoms with Gasteiger partial charge < -0.3 is 0 Å². The normalized spacial score (nSPS) is 15.2. The Hall–Kier alpha value is -0.617. The van der Waals surface area contributed by atoms with Crippen LogP contribution in [0, 0.1) is 0 Å². The van der Waals surface area contributed by atoms with E-state index >= 15 is 0 Å². The van der Waals surface area contributed by atoms with E-state index in [-0.39, 0.29) is 0 Å². The maximum Gasteiger partial charge on any atom is 0.112 e. The number of rotatable bonds is 2. The minimum absolute atomic E-state index is 0.556. The third kappa shape index (κ3) is 4.51. The van der Waals surface area contributed by atoms with Gasteiger partial charge in [-0.3, -0.25) is 0 Å². The first-order valence-electron chi connectivity index (χ1n) is 8.12. The Morgan fingerprint density at radius 3 is 1.88 bits per heavy atom. The van der Waals surface area contributed by atoms with Crippen molar-refractivity contribution in [1.29, 1.82) is 0 Å². The van der Waals surface area contributed by atoms with Crippen LogP contribution in [-0.4, -0.2) is 4.33 Å². The third-order valence-corrected chi connectivity index (χ3v) is 8.00. The van der Waals surface area contributed by atoms with Gasteiger partial charge in [-0.1, -0.05) is 0 Å². The van der Waals surface area contributed by atoms with E-state index in [1.54, 1.807) is 28.3 Å². The fourth-order valence-corrected chi connectivity index (χ4v) is 7.02. The largest absolute Gasteiger partial charge is 0.112 e.